The van der Waals surface area contributed by atoms with Crippen LogP contribution in [0.4, 0.5) is 22.7 Å². The molecule has 0 bridgehead atoms. The second-order valence-corrected chi connectivity index (χ2v) is 14.5. The van der Waals surface area contributed by atoms with Crippen LogP contribution in [0.15, 0.2) is 163 Å². The molecule has 0 saturated carbocycles. The third kappa shape index (κ3) is 5.59. The fourth-order valence-electron chi connectivity index (χ4n) is 8.09. The van der Waals surface area contributed by atoms with E-state index in [2.05, 4.69) is 28.8 Å². The van der Waals surface area contributed by atoms with E-state index in [4.69, 9.17) is 4.98 Å². The van der Waals surface area contributed by atoms with Gasteiger partial charge in [0.05, 0.1) is 33.5 Å². The number of ketones is 2. The summed E-state index contributed by atoms with van der Waals surface area (Å²) in [6, 6.07) is 50.8. The lowest BCUT2D eigenvalue weighted by Crippen LogP contribution is -2.23. The van der Waals surface area contributed by atoms with Crippen LogP contribution >= 0.6 is 0 Å². The van der Waals surface area contributed by atoms with E-state index in [0.717, 1.165) is 71.5 Å². The molecule has 11 rings (SSSR count). The minimum atomic E-state index is -0.155. The molecule has 0 radical (unpaired) electrons. The summed E-state index contributed by atoms with van der Waals surface area (Å²) >= 11 is 0. The first kappa shape index (κ1) is 33.9. The van der Waals surface area contributed by atoms with Gasteiger partial charge in [-0.1, -0.05) is 114 Å². The second kappa shape index (κ2) is 13.3. The number of nitrogens with one attached hydrogen (secondary N) is 2. The van der Waals surface area contributed by atoms with Gasteiger partial charge in [0, 0.05) is 44.0 Å². The van der Waals surface area contributed by atoms with Crippen LogP contribution in [0.1, 0.15) is 43.0 Å². The van der Waals surface area contributed by atoms with E-state index in [1.807, 2.05) is 129 Å². The van der Waals surface area contributed by atoms with Crippen molar-refractivity contribution in [2.75, 3.05) is 10.6 Å². The standard InChI is InChI=1S/C28H22N2O2.C22H12N2O/c1-17-7-11-19(12-8-17)29-23-15-16-24(30-20-13-9-18(2)10-14-20)26-25(23)27(31)21-5-3-4-6-22(21)28(26)32;25-22-16-10-2-6-13-5-1-9-15(19(13)16)21-23-17-11-3-7-14-8-4-12-18(20(14)17)24(21)22/h3-16,29-30H,1-2H3;1-12H. The number of hydrogen-bond donors (Lipinski definition) is 2. The average Bonchev–Trinajstić information content (AvgIpc) is 3.24. The molecule has 0 spiro atoms. The number of pyridine rings is 1. The maximum absolute atomic E-state index is 13.5. The van der Waals surface area contributed by atoms with E-state index in [1.54, 1.807) is 28.7 Å². The molecule has 0 atom stereocenters. The van der Waals surface area contributed by atoms with Gasteiger partial charge in [0.15, 0.2) is 11.6 Å². The lowest BCUT2D eigenvalue weighted by molar-refractivity contribution is 0.0980. The molecule has 2 N–H and O–H groups in total. The van der Waals surface area contributed by atoms with Crippen LogP contribution in [0.5, 0.6) is 0 Å². The summed E-state index contributed by atoms with van der Waals surface area (Å²) in [7, 11) is 0. The summed E-state index contributed by atoms with van der Waals surface area (Å²) in [4.78, 5) is 45.3. The van der Waals surface area contributed by atoms with Crippen LogP contribution in [-0.4, -0.2) is 21.0 Å². The first-order chi connectivity index (χ1) is 27.8. The maximum Gasteiger partial charge on any atom is 0.264 e. The molecule has 0 saturated heterocycles. The monoisotopic (exact) mass is 738 g/mol. The zero-order chi connectivity index (χ0) is 38.8. The van der Waals surface area contributed by atoms with Gasteiger partial charge in [-0.3, -0.25) is 18.8 Å². The fraction of sp³-hybridized carbons (Fsp3) is 0.0400. The molecule has 0 fully saturated rings. The molecule has 7 nitrogen and oxygen atoms in total. The van der Waals surface area contributed by atoms with Crippen LogP contribution in [0.25, 0.3) is 49.0 Å². The highest BCUT2D eigenvalue weighted by Crippen LogP contribution is 2.39. The Kier molecular flexibility index (Phi) is 7.90. The predicted octanol–water partition coefficient (Wildman–Crippen LogP) is 11.3. The Morgan fingerprint density at radius 2 is 0.965 bits per heavy atom. The van der Waals surface area contributed by atoms with E-state index in [0.29, 0.717) is 33.6 Å². The third-order valence-electron chi connectivity index (χ3n) is 10.9. The Labute approximate surface area is 327 Å². The smallest absolute Gasteiger partial charge is 0.264 e. The molecule has 272 valence electrons. The number of nitrogens with zero attached hydrogens (tertiary/aromatic N) is 2. The Morgan fingerprint density at radius 3 is 1.53 bits per heavy atom. The highest BCUT2D eigenvalue weighted by Gasteiger charge is 2.34. The number of hydrogen-bond acceptors (Lipinski definition) is 6. The maximum atomic E-state index is 13.5. The van der Waals surface area contributed by atoms with Gasteiger partial charge in [-0.15, -0.1) is 0 Å². The zero-order valence-corrected chi connectivity index (χ0v) is 31.1. The van der Waals surface area contributed by atoms with Crippen molar-refractivity contribution in [1.29, 1.82) is 0 Å². The molecule has 1 aliphatic carbocycles. The van der Waals surface area contributed by atoms with E-state index in [1.165, 1.54) is 0 Å². The van der Waals surface area contributed by atoms with Crippen LogP contribution in [-0.2, 0) is 0 Å². The van der Waals surface area contributed by atoms with E-state index < -0.39 is 0 Å². The van der Waals surface area contributed by atoms with E-state index in [-0.39, 0.29) is 17.1 Å². The fourth-order valence-corrected chi connectivity index (χ4v) is 8.09. The Morgan fingerprint density at radius 1 is 0.474 bits per heavy atom. The number of rotatable bonds is 4. The van der Waals surface area contributed by atoms with E-state index in [9.17, 15) is 14.4 Å². The van der Waals surface area contributed by atoms with Crippen molar-refractivity contribution in [2.24, 2.45) is 0 Å². The summed E-state index contributed by atoms with van der Waals surface area (Å²) < 4.78 is 1.77. The normalized spacial score (nSPS) is 12.2. The highest BCUT2D eigenvalue weighted by molar-refractivity contribution is 6.32. The SMILES string of the molecule is Cc1ccc(Nc2ccc(Nc3ccc(C)cc3)c3c2C(=O)c2ccccc2C3=O)cc1.O=c1c2cccc3cccc(c32)c2nc3cccc4cccc(c43)n12. The van der Waals surface area contributed by atoms with Gasteiger partial charge in [-0.05, 0) is 79.2 Å². The summed E-state index contributed by atoms with van der Waals surface area (Å²) in [6.45, 7) is 4.05. The molecule has 0 amide bonds. The van der Waals surface area contributed by atoms with Crippen LogP contribution in [0, 0.1) is 13.8 Å². The van der Waals surface area contributed by atoms with Gasteiger partial charge in [0.1, 0.15) is 5.65 Å². The minimum absolute atomic E-state index is 0.00921. The zero-order valence-electron chi connectivity index (χ0n) is 31.1. The van der Waals surface area contributed by atoms with Crippen LogP contribution < -0.4 is 16.2 Å². The van der Waals surface area contributed by atoms with Crippen molar-refractivity contribution >= 4 is 83.3 Å². The number of carbonyl (C=O) groups is 2. The van der Waals surface area contributed by atoms with Gasteiger partial charge in [-0.2, -0.15) is 0 Å². The quantitative estimate of drug-likeness (QED) is 0.138. The number of fused-ring (bicyclic) bond motifs is 5. The summed E-state index contributed by atoms with van der Waals surface area (Å²) in [6.07, 6.45) is 0. The molecule has 7 heteroatoms. The van der Waals surface area contributed by atoms with Gasteiger partial charge in [0.25, 0.3) is 5.56 Å². The van der Waals surface area contributed by atoms with Gasteiger partial charge >= 0.3 is 0 Å². The molecule has 1 aliphatic rings. The van der Waals surface area contributed by atoms with Crippen molar-refractivity contribution < 1.29 is 9.59 Å². The van der Waals surface area contributed by atoms with Crippen LogP contribution in [0.3, 0.4) is 0 Å². The molecule has 0 unspecified atom stereocenters. The summed E-state index contributed by atoms with van der Waals surface area (Å²) in [5.74, 6) is -0.310. The number of aromatic nitrogens is 2. The Hall–Kier alpha value is -7.64. The molecule has 8 aromatic carbocycles. The summed E-state index contributed by atoms with van der Waals surface area (Å²) in [5.41, 5.74) is 9.45. The number of carbonyl (C=O) groups excluding carboxylic acids is 2. The molecule has 2 heterocycles. The molecular weight excluding hydrogens is 705 g/mol. The van der Waals surface area contributed by atoms with Crippen molar-refractivity contribution in [3.05, 3.63) is 201 Å². The van der Waals surface area contributed by atoms with Gasteiger partial charge in [-0.25, -0.2) is 4.98 Å². The van der Waals surface area contributed by atoms with Crippen molar-refractivity contribution in [1.82, 2.24) is 9.38 Å². The average molecular weight is 739 g/mol. The largest absolute Gasteiger partial charge is 0.355 e. The highest BCUT2D eigenvalue weighted by atomic mass is 16.1. The first-order valence-corrected chi connectivity index (χ1v) is 18.8. The summed E-state index contributed by atoms with van der Waals surface area (Å²) in [5, 5.41) is 12.6. The van der Waals surface area contributed by atoms with Crippen molar-refractivity contribution in [3.63, 3.8) is 0 Å². The Bertz CT molecular complexity index is 3200. The predicted molar refractivity (Wildman–Crippen MR) is 231 cm³/mol. The Balaban J connectivity index is 0.000000143. The topological polar surface area (TPSA) is 92.6 Å². The molecule has 10 aromatic rings. The molecule has 2 aromatic heterocycles. The van der Waals surface area contributed by atoms with Crippen molar-refractivity contribution in [3.8, 4) is 0 Å². The lowest BCUT2D eigenvalue weighted by Gasteiger charge is -2.24. The van der Waals surface area contributed by atoms with Crippen LogP contribution in [0.2, 0.25) is 0 Å². The van der Waals surface area contributed by atoms with Gasteiger partial charge in [0.2, 0.25) is 0 Å². The minimum Gasteiger partial charge on any atom is -0.355 e. The van der Waals surface area contributed by atoms with Crippen molar-refractivity contribution in [2.45, 2.75) is 13.8 Å². The molecule has 57 heavy (non-hydrogen) atoms. The molecular formula is C50H34N4O3. The van der Waals surface area contributed by atoms with E-state index >= 15 is 0 Å². The number of benzene rings is 8. The lowest BCUT2D eigenvalue weighted by atomic mass is 9.82. The third-order valence-corrected chi connectivity index (χ3v) is 10.9. The first-order valence-electron chi connectivity index (χ1n) is 18.8. The number of anilines is 4. The molecule has 0 aliphatic heterocycles. The second-order valence-electron chi connectivity index (χ2n) is 14.5. The number of aryl methyl sites for hydroxylation is 2. The van der Waals surface area contributed by atoms with Gasteiger partial charge < -0.3 is 10.6 Å².